The zero-order valence-corrected chi connectivity index (χ0v) is 13.3. The Hall–Kier alpha value is -1.43. The fourth-order valence-electron chi connectivity index (χ4n) is 4.49. The van der Waals surface area contributed by atoms with E-state index in [0.29, 0.717) is 0 Å². The maximum absolute atomic E-state index is 13.1. The first-order valence-corrected chi connectivity index (χ1v) is 8.39. The third-order valence-electron chi connectivity index (χ3n) is 5.50. The fraction of sp³-hybridized carbons (Fsp3) is 0.812. The van der Waals surface area contributed by atoms with Crippen LogP contribution in [0.1, 0.15) is 56.8 Å². The van der Waals surface area contributed by atoms with E-state index >= 15 is 0 Å². The summed E-state index contributed by atoms with van der Waals surface area (Å²) < 4.78 is 5.89. The lowest BCUT2D eigenvalue weighted by Gasteiger charge is -2.57. The number of aromatic nitrogens is 3. The molecule has 0 spiro atoms. The first-order valence-electron chi connectivity index (χ1n) is 8.39. The first-order chi connectivity index (χ1) is 10.6. The maximum atomic E-state index is 13.1. The summed E-state index contributed by atoms with van der Waals surface area (Å²) in [4.78, 5) is 15.1. The molecule has 2 saturated heterocycles. The number of hydrogen-bond donors (Lipinski definition) is 1. The number of fused-ring (bicyclic) bond motifs is 1. The molecule has 3 heterocycles. The van der Waals surface area contributed by atoms with E-state index in [-0.39, 0.29) is 29.4 Å². The largest absolute Gasteiger partial charge is 0.376 e. The van der Waals surface area contributed by atoms with Crippen molar-refractivity contribution in [2.24, 2.45) is 5.41 Å². The molecule has 0 saturated carbocycles. The number of aromatic amines is 1. The molecule has 1 N–H and O–H groups in total. The Kier molecular flexibility index (Phi) is 3.25. The van der Waals surface area contributed by atoms with E-state index in [1.54, 1.807) is 0 Å². The monoisotopic (exact) mass is 304 g/mol. The Morgan fingerprint density at radius 3 is 2.91 bits per heavy atom. The number of carbonyl (C=O) groups excluding carboxylic acids is 1. The van der Waals surface area contributed by atoms with Crippen LogP contribution in [-0.2, 0) is 16.0 Å². The van der Waals surface area contributed by atoms with E-state index < -0.39 is 0 Å². The molecule has 22 heavy (non-hydrogen) atoms. The summed E-state index contributed by atoms with van der Waals surface area (Å²) in [6, 6.07) is 0.208. The van der Waals surface area contributed by atoms with Gasteiger partial charge < -0.3 is 9.64 Å². The van der Waals surface area contributed by atoms with Crippen LogP contribution < -0.4 is 0 Å². The van der Waals surface area contributed by atoms with Crippen molar-refractivity contribution in [1.82, 2.24) is 20.3 Å². The third kappa shape index (κ3) is 2.07. The zero-order valence-electron chi connectivity index (χ0n) is 13.3. The molecule has 120 valence electrons. The molecule has 0 bridgehead atoms. The van der Waals surface area contributed by atoms with Crippen LogP contribution in [0.4, 0.5) is 0 Å². The van der Waals surface area contributed by atoms with Crippen LogP contribution >= 0.6 is 0 Å². The summed E-state index contributed by atoms with van der Waals surface area (Å²) in [7, 11) is 0. The molecule has 3 atom stereocenters. The second kappa shape index (κ2) is 5.05. The maximum Gasteiger partial charge on any atom is 0.232 e. The van der Waals surface area contributed by atoms with Crippen molar-refractivity contribution in [3.8, 4) is 0 Å². The van der Waals surface area contributed by atoms with E-state index in [0.717, 1.165) is 56.6 Å². The van der Waals surface area contributed by atoms with E-state index in [1.807, 2.05) is 4.90 Å². The van der Waals surface area contributed by atoms with Gasteiger partial charge in [-0.1, -0.05) is 13.8 Å². The number of ether oxygens (including phenoxy) is 1. The van der Waals surface area contributed by atoms with Crippen LogP contribution in [0.25, 0.3) is 0 Å². The number of aryl methyl sites for hydroxylation is 1. The van der Waals surface area contributed by atoms with Gasteiger partial charge in [0, 0.05) is 18.6 Å². The van der Waals surface area contributed by atoms with Gasteiger partial charge in [-0.05, 0) is 32.1 Å². The highest BCUT2D eigenvalue weighted by Gasteiger charge is 2.54. The molecule has 1 aromatic heterocycles. The molecule has 2 fully saturated rings. The molecule has 3 unspecified atom stereocenters. The van der Waals surface area contributed by atoms with Gasteiger partial charge in [-0.2, -0.15) is 15.4 Å². The number of likely N-dealkylation sites (tertiary alicyclic amines) is 1. The van der Waals surface area contributed by atoms with E-state index in [4.69, 9.17) is 4.74 Å². The van der Waals surface area contributed by atoms with E-state index in [9.17, 15) is 4.79 Å². The molecule has 6 heteroatoms. The zero-order chi connectivity index (χ0) is 15.3. The lowest BCUT2D eigenvalue weighted by Crippen LogP contribution is -2.68. The molecule has 4 rings (SSSR count). The SMILES string of the molecule is CC1(C)CN(C(=O)C2CCCc3n[nH]nc32)C1C1CCCO1. The topological polar surface area (TPSA) is 71.1 Å². The fourth-order valence-corrected chi connectivity index (χ4v) is 4.49. The van der Waals surface area contributed by atoms with Crippen LogP contribution in [0.3, 0.4) is 0 Å². The van der Waals surface area contributed by atoms with Gasteiger partial charge in [-0.15, -0.1) is 0 Å². The smallest absolute Gasteiger partial charge is 0.232 e. The Morgan fingerprint density at radius 2 is 2.18 bits per heavy atom. The second-order valence-electron chi connectivity index (χ2n) is 7.55. The summed E-state index contributed by atoms with van der Waals surface area (Å²) in [5, 5.41) is 11.1. The van der Waals surface area contributed by atoms with E-state index in [1.165, 1.54) is 0 Å². The minimum absolute atomic E-state index is 0.123. The molecule has 3 aliphatic rings. The van der Waals surface area contributed by atoms with Gasteiger partial charge in [0.2, 0.25) is 5.91 Å². The third-order valence-corrected chi connectivity index (χ3v) is 5.50. The molecule has 1 aromatic rings. The van der Waals surface area contributed by atoms with Crippen LogP contribution in [0.5, 0.6) is 0 Å². The summed E-state index contributed by atoms with van der Waals surface area (Å²) in [5.74, 6) is 0.0946. The highest BCUT2D eigenvalue weighted by Crippen LogP contribution is 2.44. The molecule has 6 nitrogen and oxygen atoms in total. The molecular formula is C16H24N4O2. The van der Waals surface area contributed by atoms with Crippen molar-refractivity contribution in [3.05, 3.63) is 11.4 Å². The van der Waals surface area contributed by atoms with Crippen molar-refractivity contribution in [3.63, 3.8) is 0 Å². The van der Waals surface area contributed by atoms with Crippen LogP contribution in [-0.4, -0.2) is 51.5 Å². The van der Waals surface area contributed by atoms with Crippen molar-refractivity contribution >= 4 is 5.91 Å². The minimum atomic E-state index is -0.123. The van der Waals surface area contributed by atoms with Crippen molar-refractivity contribution in [2.75, 3.05) is 13.2 Å². The molecule has 1 aliphatic carbocycles. The van der Waals surface area contributed by atoms with Crippen molar-refractivity contribution in [1.29, 1.82) is 0 Å². The summed E-state index contributed by atoms with van der Waals surface area (Å²) in [6.07, 6.45) is 5.20. The molecular weight excluding hydrogens is 280 g/mol. The van der Waals surface area contributed by atoms with Crippen LogP contribution in [0.2, 0.25) is 0 Å². The predicted molar refractivity (Wildman–Crippen MR) is 80.3 cm³/mol. The van der Waals surface area contributed by atoms with Crippen LogP contribution in [0.15, 0.2) is 0 Å². The van der Waals surface area contributed by atoms with Gasteiger partial charge in [-0.3, -0.25) is 4.79 Å². The quantitative estimate of drug-likeness (QED) is 0.901. The average Bonchev–Trinajstić information content (AvgIpc) is 3.14. The number of carbonyl (C=O) groups is 1. The number of H-pyrrole nitrogens is 1. The van der Waals surface area contributed by atoms with Crippen molar-refractivity contribution in [2.45, 2.75) is 64.0 Å². The van der Waals surface area contributed by atoms with E-state index in [2.05, 4.69) is 29.3 Å². The normalized spacial score (nSPS) is 33.4. The molecule has 0 aromatic carbocycles. The Morgan fingerprint density at radius 1 is 1.32 bits per heavy atom. The summed E-state index contributed by atoms with van der Waals surface area (Å²) >= 11 is 0. The van der Waals surface area contributed by atoms with Gasteiger partial charge in [0.05, 0.1) is 29.5 Å². The summed E-state index contributed by atoms with van der Waals surface area (Å²) in [5.41, 5.74) is 1.98. The summed E-state index contributed by atoms with van der Waals surface area (Å²) in [6.45, 7) is 6.13. The Balaban J connectivity index is 1.56. The average molecular weight is 304 g/mol. The minimum Gasteiger partial charge on any atom is -0.376 e. The molecule has 0 radical (unpaired) electrons. The van der Waals surface area contributed by atoms with Crippen LogP contribution in [0, 0.1) is 5.41 Å². The van der Waals surface area contributed by atoms with Gasteiger partial charge in [0.25, 0.3) is 0 Å². The lowest BCUT2D eigenvalue weighted by molar-refractivity contribution is -0.166. The van der Waals surface area contributed by atoms with Crippen molar-refractivity contribution < 1.29 is 9.53 Å². The Labute approximate surface area is 130 Å². The number of nitrogens with one attached hydrogen (secondary N) is 1. The lowest BCUT2D eigenvalue weighted by atomic mass is 9.70. The van der Waals surface area contributed by atoms with Gasteiger partial charge in [-0.25, -0.2) is 0 Å². The molecule has 1 amide bonds. The number of rotatable bonds is 2. The van der Waals surface area contributed by atoms with Gasteiger partial charge in [0.15, 0.2) is 0 Å². The first kappa shape index (κ1) is 14.2. The highest BCUT2D eigenvalue weighted by molar-refractivity contribution is 5.85. The predicted octanol–water partition coefficient (Wildman–Crippen LogP) is 1.64. The number of amides is 1. The van der Waals surface area contributed by atoms with Gasteiger partial charge in [0.1, 0.15) is 0 Å². The number of nitrogens with zero attached hydrogens (tertiary/aromatic N) is 3. The Bertz CT molecular complexity index is 576. The second-order valence-corrected chi connectivity index (χ2v) is 7.55. The van der Waals surface area contributed by atoms with Gasteiger partial charge >= 0.3 is 0 Å². The number of hydrogen-bond acceptors (Lipinski definition) is 4. The highest BCUT2D eigenvalue weighted by atomic mass is 16.5. The standard InChI is InChI=1S/C16H24N4O2/c1-16(2)9-20(14(16)12-7-4-8-22-12)15(21)10-5-3-6-11-13(10)18-19-17-11/h10,12,14H,3-9H2,1-2H3,(H,17,18,19). The molecule has 2 aliphatic heterocycles.